The number of nitrogens with one attached hydrogen (secondary N) is 1. The van der Waals surface area contributed by atoms with Crippen LogP contribution in [-0.2, 0) is 4.79 Å². The summed E-state index contributed by atoms with van der Waals surface area (Å²) in [6, 6.07) is 18.0. The van der Waals surface area contributed by atoms with Gasteiger partial charge >= 0.3 is 0 Å². The van der Waals surface area contributed by atoms with Crippen LogP contribution in [0.2, 0.25) is 0 Å². The van der Waals surface area contributed by atoms with Crippen molar-refractivity contribution in [2.75, 3.05) is 0 Å². The van der Waals surface area contributed by atoms with Crippen molar-refractivity contribution in [3.05, 3.63) is 70.8 Å². The highest BCUT2D eigenvalue weighted by Crippen LogP contribution is 2.65. The number of hydrogen-bond donors (Lipinski definition) is 1. The molecule has 0 aliphatic heterocycles. The van der Waals surface area contributed by atoms with Crippen LogP contribution in [0.3, 0.4) is 0 Å². The van der Waals surface area contributed by atoms with E-state index in [2.05, 4.69) is 74.6 Å². The molecule has 7 rings (SSSR count). The molecule has 0 aromatic heterocycles. The summed E-state index contributed by atoms with van der Waals surface area (Å²) < 4.78 is 0. The van der Waals surface area contributed by atoms with E-state index in [1.54, 1.807) is 0 Å². The average Bonchev–Trinajstić information content (AvgIpc) is 3.07. The standard InChI is InChI=1S/C27H31NO/c1-26(2)16-12-13-27(26,3)23(14-16)28-25(29)22-15-21-17-8-4-6-10-19(17)24(22)20-11-7-5-9-18(20)21/h4-11,16,21-24H,12-15H2,1-3H3,(H,28,29)/t16-,21?,22-,23+,24?,27+/m1/s1. The monoisotopic (exact) mass is 385 g/mol. The van der Waals surface area contributed by atoms with Gasteiger partial charge in [-0.25, -0.2) is 0 Å². The van der Waals surface area contributed by atoms with Crippen LogP contribution >= 0.6 is 0 Å². The van der Waals surface area contributed by atoms with Crippen LogP contribution in [0.1, 0.15) is 80.5 Å². The zero-order chi connectivity index (χ0) is 20.0. The van der Waals surface area contributed by atoms with Crippen molar-refractivity contribution in [3.8, 4) is 0 Å². The highest BCUT2D eigenvalue weighted by molar-refractivity contribution is 5.83. The molecule has 150 valence electrons. The Hall–Kier alpha value is -2.09. The lowest BCUT2D eigenvalue weighted by atomic mass is 9.59. The number of fused-ring (bicyclic) bond motifs is 3. The predicted molar refractivity (Wildman–Crippen MR) is 116 cm³/mol. The van der Waals surface area contributed by atoms with E-state index in [1.807, 2.05) is 0 Å². The van der Waals surface area contributed by atoms with Crippen molar-refractivity contribution in [3.63, 3.8) is 0 Å². The maximum Gasteiger partial charge on any atom is 0.224 e. The minimum Gasteiger partial charge on any atom is -0.353 e. The second kappa shape index (κ2) is 5.74. The summed E-state index contributed by atoms with van der Waals surface area (Å²) in [5.74, 6) is 1.65. The smallest absolute Gasteiger partial charge is 0.224 e. The molecule has 5 aliphatic carbocycles. The number of carbonyl (C=O) groups excluding carboxylic acids is 1. The number of carbonyl (C=O) groups is 1. The number of rotatable bonds is 2. The Labute approximate surface area is 174 Å². The molecule has 29 heavy (non-hydrogen) atoms. The molecular weight excluding hydrogens is 354 g/mol. The van der Waals surface area contributed by atoms with Crippen molar-refractivity contribution in [1.29, 1.82) is 0 Å². The molecule has 0 spiro atoms. The fourth-order valence-corrected chi connectivity index (χ4v) is 7.59. The van der Waals surface area contributed by atoms with Gasteiger partial charge in [-0.1, -0.05) is 69.3 Å². The predicted octanol–water partition coefficient (Wildman–Crippen LogP) is 5.61. The molecule has 2 aromatic carbocycles. The molecule has 1 amide bonds. The molecule has 1 N–H and O–H groups in total. The lowest BCUT2D eigenvalue weighted by Gasteiger charge is -2.46. The van der Waals surface area contributed by atoms with E-state index < -0.39 is 0 Å². The van der Waals surface area contributed by atoms with Crippen molar-refractivity contribution in [2.45, 2.75) is 64.3 Å². The largest absolute Gasteiger partial charge is 0.353 e. The summed E-state index contributed by atoms with van der Waals surface area (Å²) in [5, 5.41) is 3.58. The van der Waals surface area contributed by atoms with E-state index in [1.165, 1.54) is 35.1 Å². The van der Waals surface area contributed by atoms with E-state index in [4.69, 9.17) is 0 Å². The third-order valence-corrected chi connectivity index (χ3v) is 9.75. The summed E-state index contributed by atoms with van der Waals surface area (Å²) >= 11 is 0. The summed E-state index contributed by atoms with van der Waals surface area (Å²) in [6.45, 7) is 7.26. The van der Waals surface area contributed by atoms with Crippen molar-refractivity contribution >= 4 is 5.91 Å². The molecule has 4 atom stereocenters. The van der Waals surface area contributed by atoms with E-state index in [9.17, 15) is 4.79 Å². The highest BCUT2D eigenvalue weighted by atomic mass is 16.2. The van der Waals surface area contributed by atoms with E-state index in [0.29, 0.717) is 23.3 Å². The second-order valence-corrected chi connectivity index (χ2v) is 10.8. The lowest BCUT2D eigenvalue weighted by molar-refractivity contribution is -0.128. The minimum absolute atomic E-state index is 0.0515. The van der Waals surface area contributed by atoms with Gasteiger partial charge in [0.25, 0.3) is 0 Å². The van der Waals surface area contributed by atoms with Crippen LogP contribution in [0, 0.1) is 22.7 Å². The van der Waals surface area contributed by atoms with Gasteiger partial charge in [0.2, 0.25) is 5.91 Å². The summed E-state index contributed by atoms with van der Waals surface area (Å²) in [4.78, 5) is 13.7. The maximum absolute atomic E-state index is 13.7. The summed E-state index contributed by atoms with van der Waals surface area (Å²) in [7, 11) is 0. The Morgan fingerprint density at radius 3 is 2.00 bits per heavy atom. The van der Waals surface area contributed by atoms with Crippen LogP contribution in [0.25, 0.3) is 0 Å². The summed E-state index contributed by atoms with van der Waals surface area (Å²) in [6.07, 6.45) is 4.67. The molecular formula is C27H31NO. The van der Waals surface area contributed by atoms with Gasteiger partial charge in [0.1, 0.15) is 0 Å². The highest BCUT2D eigenvalue weighted by Gasteiger charge is 2.62. The molecule has 2 heteroatoms. The first-order chi connectivity index (χ1) is 13.9. The molecule has 0 unspecified atom stereocenters. The summed E-state index contributed by atoms with van der Waals surface area (Å²) in [5.41, 5.74) is 6.19. The van der Waals surface area contributed by atoms with Gasteiger partial charge in [0.15, 0.2) is 0 Å². The molecule has 5 aliphatic rings. The van der Waals surface area contributed by atoms with Gasteiger partial charge in [0, 0.05) is 23.8 Å². The molecule has 2 saturated carbocycles. The average molecular weight is 386 g/mol. The number of benzene rings is 2. The first kappa shape index (κ1) is 17.7. The first-order valence-electron chi connectivity index (χ1n) is 11.4. The Morgan fingerprint density at radius 2 is 1.48 bits per heavy atom. The first-order valence-corrected chi connectivity index (χ1v) is 11.4. The van der Waals surface area contributed by atoms with Gasteiger partial charge in [-0.3, -0.25) is 4.79 Å². The van der Waals surface area contributed by atoms with Gasteiger partial charge in [-0.15, -0.1) is 0 Å². The van der Waals surface area contributed by atoms with Crippen molar-refractivity contribution in [1.82, 2.24) is 5.32 Å². The zero-order valence-corrected chi connectivity index (χ0v) is 17.7. The Morgan fingerprint density at radius 1 is 0.897 bits per heavy atom. The zero-order valence-electron chi connectivity index (χ0n) is 17.7. The fourth-order valence-electron chi connectivity index (χ4n) is 7.59. The van der Waals surface area contributed by atoms with Crippen LogP contribution in [0.15, 0.2) is 48.5 Å². The van der Waals surface area contributed by atoms with Crippen molar-refractivity contribution < 1.29 is 4.79 Å². The van der Waals surface area contributed by atoms with Gasteiger partial charge in [-0.05, 0) is 64.7 Å². The maximum atomic E-state index is 13.7. The Balaban J connectivity index is 1.34. The van der Waals surface area contributed by atoms with Crippen LogP contribution < -0.4 is 5.32 Å². The van der Waals surface area contributed by atoms with E-state index in [-0.39, 0.29) is 17.3 Å². The Kier molecular flexibility index (Phi) is 3.51. The molecule has 0 saturated heterocycles. The molecule has 4 bridgehead atoms. The third-order valence-electron chi connectivity index (χ3n) is 9.75. The van der Waals surface area contributed by atoms with Crippen LogP contribution in [0.4, 0.5) is 0 Å². The topological polar surface area (TPSA) is 29.1 Å². The van der Waals surface area contributed by atoms with Crippen LogP contribution in [-0.4, -0.2) is 11.9 Å². The fraction of sp³-hybridized carbons (Fsp3) is 0.519. The van der Waals surface area contributed by atoms with Gasteiger partial charge in [0.05, 0.1) is 0 Å². The quantitative estimate of drug-likeness (QED) is 0.715. The Bertz CT molecular complexity index is 960. The van der Waals surface area contributed by atoms with E-state index >= 15 is 0 Å². The van der Waals surface area contributed by atoms with Gasteiger partial charge in [-0.2, -0.15) is 0 Å². The number of amides is 1. The molecule has 2 fully saturated rings. The molecule has 2 nitrogen and oxygen atoms in total. The number of hydrogen-bond acceptors (Lipinski definition) is 1. The van der Waals surface area contributed by atoms with Gasteiger partial charge < -0.3 is 5.32 Å². The normalized spacial score (nSPS) is 37.8. The lowest BCUT2D eigenvalue weighted by Crippen LogP contribution is -2.50. The van der Waals surface area contributed by atoms with E-state index in [0.717, 1.165) is 18.8 Å². The molecule has 0 heterocycles. The van der Waals surface area contributed by atoms with Crippen LogP contribution in [0.5, 0.6) is 0 Å². The molecule has 2 aromatic rings. The van der Waals surface area contributed by atoms with Crippen molar-refractivity contribution in [2.24, 2.45) is 22.7 Å². The third kappa shape index (κ3) is 2.15. The second-order valence-electron chi connectivity index (χ2n) is 10.8. The minimum atomic E-state index is 0.0515. The SMILES string of the molecule is CC1(C)[C@@H]2CC[C@@]1(C)[C@@H](NC(=O)[C@@H]1CC3c4ccccc4C1c1ccccc13)C2. The molecule has 0 radical (unpaired) electrons.